The highest BCUT2D eigenvalue weighted by atomic mass is 16.5. The number of morpholine rings is 1. The van der Waals surface area contributed by atoms with Crippen molar-refractivity contribution < 1.29 is 4.74 Å². The minimum absolute atomic E-state index is 0.170. The third-order valence-electron chi connectivity index (χ3n) is 8.18. The van der Waals surface area contributed by atoms with E-state index in [-0.39, 0.29) is 5.54 Å². The summed E-state index contributed by atoms with van der Waals surface area (Å²) in [6.45, 7) is 13.9. The van der Waals surface area contributed by atoms with Gasteiger partial charge in [-0.1, -0.05) is 18.2 Å². The Hall–Kier alpha value is -4.02. The van der Waals surface area contributed by atoms with E-state index in [1.165, 1.54) is 0 Å². The maximum Gasteiger partial charge on any atom is 0.163 e. The monoisotopic (exact) mass is 537 g/mol. The zero-order valence-electron chi connectivity index (χ0n) is 23.3. The molecule has 10 heteroatoms. The molecule has 0 radical (unpaired) electrons. The third-order valence-corrected chi connectivity index (χ3v) is 8.18. The lowest BCUT2D eigenvalue weighted by Gasteiger charge is -2.42. The first-order valence-electron chi connectivity index (χ1n) is 14.1. The van der Waals surface area contributed by atoms with E-state index in [1.54, 1.807) is 6.33 Å². The second-order valence-corrected chi connectivity index (χ2v) is 11.6. The summed E-state index contributed by atoms with van der Waals surface area (Å²) in [5, 5.41) is 9.48. The van der Waals surface area contributed by atoms with E-state index in [0.29, 0.717) is 5.82 Å². The van der Waals surface area contributed by atoms with Crippen LogP contribution in [-0.2, 0) is 4.74 Å². The Labute approximate surface area is 233 Å². The Morgan fingerprint density at radius 2 is 1.70 bits per heavy atom. The molecule has 40 heavy (non-hydrogen) atoms. The fraction of sp³-hybridized carbons (Fsp3) is 0.400. The molecule has 3 aromatic heterocycles. The van der Waals surface area contributed by atoms with E-state index in [2.05, 4.69) is 97.7 Å². The van der Waals surface area contributed by atoms with Gasteiger partial charge >= 0.3 is 0 Å². The molecule has 0 atom stereocenters. The molecule has 7 rings (SSSR count). The number of ether oxygens (including phenoxy) is 1. The van der Waals surface area contributed by atoms with Gasteiger partial charge in [0.05, 0.1) is 35.5 Å². The van der Waals surface area contributed by atoms with Crippen molar-refractivity contribution in [2.45, 2.75) is 26.3 Å². The van der Waals surface area contributed by atoms with E-state index in [0.717, 1.165) is 97.2 Å². The second kappa shape index (κ2) is 9.87. The fourth-order valence-electron chi connectivity index (χ4n) is 5.93. The van der Waals surface area contributed by atoms with Gasteiger partial charge in [0, 0.05) is 67.5 Å². The van der Waals surface area contributed by atoms with Crippen LogP contribution in [0.4, 0.5) is 11.5 Å². The van der Waals surface area contributed by atoms with Gasteiger partial charge in [-0.2, -0.15) is 0 Å². The van der Waals surface area contributed by atoms with Crippen molar-refractivity contribution in [1.29, 1.82) is 0 Å². The summed E-state index contributed by atoms with van der Waals surface area (Å²) >= 11 is 0. The predicted octanol–water partition coefficient (Wildman–Crippen LogP) is 4.12. The third kappa shape index (κ3) is 4.47. The number of benzene rings is 2. The molecule has 2 aliphatic heterocycles. The summed E-state index contributed by atoms with van der Waals surface area (Å²) < 4.78 is 7.84. The number of hydrogen-bond acceptors (Lipinski definition) is 8. The lowest BCUT2D eigenvalue weighted by molar-refractivity contribution is 0.122. The summed E-state index contributed by atoms with van der Waals surface area (Å²) in [6.07, 6.45) is 3.54. The van der Waals surface area contributed by atoms with Crippen molar-refractivity contribution in [2.24, 2.45) is 0 Å². The van der Waals surface area contributed by atoms with Gasteiger partial charge < -0.3 is 19.5 Å². The van der Waals surface area contributed by atoms with Crippen LogP contribution in [0.5, 0.6) is 0 Å². The van der Waals surface area contributed by atoms with Crippen molar-refractivity contribution in [1.82, 2.24) is 34.6 Å². The predicted molar refractivity (Wildman–Crippen MR) is 158 cm³/mol. The molecule has 5 heterocycles. The Morgan fingerprint density at radius 3 is 2.45 bits per heavy atom. The van der Waals surface area contributed by atoms with Crippen LogP contribution in [0.3, 0.4) is 0 Å². The van der Waals surface area contributed by atoms with Crippen LogP contribution in [0, 0.1) is 0 Å². The first-order valence-corrected chi connectivity index (χ1v) is 14.1. The van der Waals surface area contributed by atoms with Gasteiger partial charge in [-0.3, -0.25) is 9.47 Å². The summed E-state index contributed by atoms with van der Waals surface area (Å²) in [6, 6.07) is 15.0. The topological polar surface area (TPSA) is 91.2 Å². The zero-order chi connectivity index (χ0) is 27.3. The van der Waals surface area contributed by atoms with Crippen molar-refractivity contribution in [2.75, 3.05) is 62.3 Å². The first kappa shape index (κ1) is 25.0. The Morgan fingerprint density at radius 1 is 0.900 bits per heavy atom. The molecule has 2 fully saturated rings. The fourth-order valence-corrected chi connectivity index (χ4v) is 5.93. The number of anilines is 2. The van der Waals surface area contributed by atoms with E-state index in [4.69, 9.17) is 14.7 Å². The largest absolute Gasteiger partial charge is 0.378 e. The van der Waals surface area contributed by atoms with Crippen LogP contribution in [0.15, 0.2) is 55.1 Å². The average Bonchev–Trinajstić information content (AvgIpc) is 3.67. The van der Waals surface area contributed by atoms with Gasteiger partial charge in [-0.25, -0.2) is 9.97 Å². The molecule has 5 aromatic rings. The van der Waals surface area contributed by atoms with Gasteiger partial charge in [0.15, 0.2) is 5.82 Å². The van der Waals surface area contributed by atoms with Gasteiger partial charge in [0.1, 0.15) is 18.5 Å². The number of nitrogens with zero attached hydrogens (tertiary/aromatic N) is 8. The molecule has 206 valence electrons. The molecule has 2 aromatic carbocycles. The van der Waals surface area contributed by atoms with Crippen molar-refractivity contribution in [3.8, 4) is 17.1 Å². The summed E-state index contributed by atoms with van der Waals surface area (Å²) in [7, 11) is 0. The number of para-hydroxylation sites is 1. The quantitative estimate of drug-likeness (QED) is 0.366. The second-order valence-electron chi connectivity index (χ2n) is 11.6. The molecular formula is C30H35N9O. The van der Waals surface area contributed by atoms with E-state index in [9.17, 15) is 0 Å². The lowest BCUT2D eigenvalue weighted by atomic mass is 10.0. The van der Waals surface area contributed by atoms with Crippen molar-refractivity contribution >= 4 is 33.4 Å². The van der Waals surface area contributed by atoms with Crippen LogP contribution in [0.2, 0.25) is 0 Å². The zero-order valence-corrected chi connectivity index (χ0v) is 23.3. The molecule has 2 aliphatic rings. The number of pyridine rings is 1. The molecule has 0 unspecified atom stereocenters. The molecule has 0 amide bonds. The number of aromatic nitrogens is 6. The summed E-state index contributed by atoms with van der Waals surface area (Å²) in [4.78, 5) is 20.5. The van der Waals surface area contributed by atoms with Gasteiger partial charge in [-0.15, -0.1) is 10.2 Å². The van der Waals surface area contributed by atoms with Crippen molar-refractivity contribution in [3.63, 3.8) is 0 Å². The van der Waals surface area contributed by atoms with Crippen LogP contribution in [-0.4, -0.2) is 92.6 Å². The van der Waals surface area contributed by atoms with Crippen LogP contribution >= 0.6 is 0 Å². The molecule has 2 saturated heterocycles. The van der Waals surface area contributed by atoms with E-state index < -0.39 is 0 Å². The number of piperazine rings is 1. The normalized spacial score (nSPS) is 17.3. The smallest absolute Gasteiger partial charge is 0.163 e. The first-order chi connectivity index (χ1) is 19.5. The number of rotatable bonds is 4. The standard InChI is InChI=1S/C30H35N9O/c1-30(2,3)38-10-8-37(9-11-38)27-18-25(22-6-4-5-7-24(22)34-27)39-20-32-28-23(29-31-19-33-35-29)16-21(17-26(28)39)36-12-14-40-15-13-36/h4-7,16-20H,8-15H2,1-3H3,(H,31,33,35). The Bertz CT molecular complexity index is 1640. The number of nitrogens with one attached hydrogen (secondary N) is 1. The number of imidazole rings is 1. The summed E-state index contributed by atoms with van der Waals surface area (Å²) in [5.74, 6) is 1.71. The average molecular weight is 538 g/mol. The minimum Gasteiger partial charge on any atom is -0.378 e. The van der Waals surface area contributed by atoms with E-state index >= 15 is 0 Å². The van der Waals surface area contributed by atoms with Crippen molar-refractivity contribution in [3.05, 3.63) is 55.1 Å². The highest BCUT2D eigenvalue weighted by Gasteiger charge is 2.27. The lowest BCUT2D eigenvalue weighted by Crippen LogP contribution is -2.53. The molecule has 10 nitrogen and oxygen atoms in total. The molecule has 0 spiro atoms. The Balaban J connectivity index is 1.37. The van der Waals surface area contributed by atoms with Crippen LogP contribution < -0.4 is 9.80 Å². The molecule has 0 bridgehead atoms. The molecule has 1 N–H and O–H groups in total. The molecular weight excluding hydrogens is 502 g/mol. The Kier molecular flexibility index (Phi) is 6.16. The van der Waals surface area contributed by atoms with E-state index in [1.807, 2.05) is 6.33 Å². The number of H-pyrrole nitrogens is 1. The van der Waals surface area contributed by atoms with Gasteiger partial charge in [0.2, 0.25) is 0 Å². The SMILES string of the molecule is CC(C)(C)N1CCN(c2cc(-n3cnc4c(-c5nnc[nH]5)cc(N5CCOCC5)cc43)c3ccccc3n2)CC1. The number of fused-ring (bicyclic) bond motifs is 2. The maximum absolute atomic E-state index is 5.63. The number of aromatic amines is 1. The molecule has 0 saturated carbocycles. The molecule has 0 aliphatic carbocycles. The maximum atomic E-state index is 5.63. The number of hydrogen-bond donors (Lipinski definition) is 1. The minimum atomic E-state index is 0.170. The highest BCUT2D eigenvalue weighted by Crippen LogP contribution is 2.35. The highest BCUT2D eigenvalue weighted by molar-refractivity contribution is 5.97. The van der Waals surface area contributed by atoms with Crippen LogP contribution in [0.1, 0.15) is 20.8 Å². The van der Waals surface area contributed by atoms with Gasteiger partial charge in [0.25, 0.3) is 0 Å². The summed E-state index contributed by atoms with van der Waals surface area (Å²) in [5.41, 5.74) is 6.19. The van der Waals surface area contributed by atoms with Crippen LogP contribution in [0.25, 0.3) is 39.0 Å². The van der Waals surface area contributed by atoms with Gasteiger partial charge in [-0.05, 0) is 39.0 Å².